The number of aromatic nitrogens is 4. The van der Waals surface area contributed by atoms with Gasteiger partial charge in [-0.1, -0.05) is 103 Å². The molecule has 0 aliphatic rings. The van der Waals surface area contributed by atoms with Crippen LogP contribution in [-0.2, 0) is 26.2 Å². The molecule has 0 unspecified atom stereocenters. The minimum atomic E-state index is -0.598. The summed E-state index contributed by atoms with van der Waals surface area (Å²) < 4.78 is 45.1. The maximum atomic E-state index is 12.4. The lowest BCUT2D eigenvalue weighted by atomic mass is 10.1. The van der Waals surface area contributed by atoms with Crippen LogP contribution in [0.2, 0.25) is 10.0 Å². The van der Waals surface area contributed by atoms with E-state index < -0.39 is 11.5 Å². The van der Waals surface area contributed by atoms with Crippen LogP contribution < -0.4 is 39.9 Å². The molecule has 0 aliphatic carbocycles. The Labute approximate surface area is 410 Å². The van der Waals surface area contributed by atoms with Crippen molar-refractivity contribution < 1.29 is 37.3 Å². The molecule has 8 rings (SSSR count). The second-order valence-corrected chi connectivity index (χ2v) is 16.6. The minimum Gasteiger partial charge on any atom is -0.493 e. The highest BCUT2D eigenvalue weighted by molar-refractivity contribution is 6.32. The van der Waals surface area contributed by atoms with E-state index >= 15 is 0 Å². The van der Waals surface area contributed by atoms with Gasteiger partial charge in [0.15, 0.2) is 23.0 Å². The predicted molar refractivity (Wildman–Crippen MR) is 266 cm³/mol. The Morgan fingerprint density at radius 3 is 1.49 bits per heavy atom. The van der Waals surface area contributed by atoms with Crippen molar-refractivity contribution in [1.29, 1.82) is 0 Å². The van der Waals surface area contributed by atoms with Gasteiger partial charge in [0.2, 0.25) is 11.8 Å². The zero-order chi connectivity index (χ0) is 49.3. The highest BCUT2D eigenvalue weighted by Crippen LogP contribution is 2.33. The quantitative estimate of drug-likeness (QED) is 0.0920. The van der Waals surface area contributed by atoms with Crippen LogP contribution in [0.15, 0.2) is 152 Å². The first kappa shape index (κ1) is 51.0. The molecule has 0 radical (unpaired) electrons. The molecular weight excluding hydrogens is 924 g/mol. The van der Waals surface area contributed by atoms with E-state index in [9.17, 15) is 9.59 Å². The van der Waals surface area contributed by atoms with Gasteiger partial charge in [-0.15, -0.1) is 10.2 Å². The zero-order valence-corrected chi connectivity index (χ0v) is 40.9. The van der Waals surface area contributed by atoms with Gasteiger partial charge in [-0.25, -0.2) is 14.7 Å². The number of hydrogen-bond donors (Lipinski definition) is 1. The molecule has 2 aromatic heterocycles. The molecule has 8 aromatic rings. The topological polar surface area (TPSA) is 162 Å². The van der Waals surface area contributed by atoms with Gasteiger partial charge in [-0.05, 0) is 117 Å². The largest absolute Gasteiger partial charge is 0.493 e. The summed E-state index contributed by atoms with van der Waals surface area (Å²) in [5.41, 5.74) is 5.46. The smallest absolute Gasteiger partial charge is 0.437 e. The molecule has 6 aromatic carbocycles. The van der Waals surface area contributed by atoms with Crippen molar-refractivity contribution in [2.24, 2.45) is 0 Å². The first-order valence-electron chi connectivity index (χ1n) is 22.1. The van der Waals surface area contributed by atoms with Gasteiger partial charge in [-0.2, -0.15) is 4.68 Å². The Morgan fingerprint density at radius 2 is 1.04 bits per heavy atom. The summed E-state index contributed by atoms with van der Waals surface area (Å²) in [6.45, 7) is 11.0. The summed E-state index contributed by atoms with van der Waals surface area (Å²) in [5, 5.41) is 11.1. The lowest BCUT2D eigenvalue weighted by Gasteiger charge is -2.12. The molecule has 360 valence electrons. The molecule has 16 heteroatoms. The van der Waals surface area contributed by atoms with Crippen LogP contribution in [-0.4, -0.2) is 46.4 Å². The van der Waals surface area contributed by atoms with Gasteiger partial charge in [-0.3, -0.25) is 0 Å². The third-order valence-corrected chi connectivity index (χ3v) is 10.4. The fraction of sp³-hybridized carbons (Fsp3) is 0.245. The molecule has 1 N–H and O–H groups in total. The number of halogens is 2. The van der Waals surface area contributed by atoms with Crippen molar-refractivity contribution in [2.45, 2.75) is 73.0 Å². The molecule has 0 atom stereocenters. The molecule has 0 aliphatic heterocycles. The summed E-state index contributed by atoms with van der Waals surface area (Å²) in [4.78, 5) is 23.2. The fourth-order valence-corrected chi connectivity index (χ4v) is 6.92. The third-order valence-electron chi connectivity index (χ3n) is 9.80. The van der Waals surface area contributed by atoms with E-state index in [1.54, 1.807) is 50.6 Å². The van der Waals surface area contributed by atoms with Crippen molar-refractivity contribution in [3.8, 4) is 57.4 Å². The van der Waals surface area contributed by atoms with Gasteiger partial charge in [0.25, 0.3) is 0 Å². The maximum Gasteiger partial charge on any atom is 0.437 e. The van der Waals surface area contributed by atoms with E-state index in [-0.39, 0.29) is 30.5 Å². The van der Waals surface area contributed by atoms with Crippen molar-refractivity contribution in [1.82, 2.24) is 20.0 Å². The highest BCUT2D eigenvalue weighted by Gasteiger charge is 2.16. The summed E-state index contributed by atoms with van der Waals surface area (Å²) in [5.74, 6) is 3.12. The number of hydrogen-bond acceptors (Lipinski definition) is 12. The number of rotatable bonds is 17. The zero-order valence-electron chi connectivity index (χ0n) is 39.4. The van der Waals surface area contributed by atoms with Crippen molar-refractivity contribution >= 4 is 23.2 Å². The molecule has 0 fully saturated rings. The number of aryl methyl sites for hydroxylation is 1. The molecule has 14 nitrogen and oxygen atoms in total. The van der Waals surface area contributed by atoms with Crippen molar-refractivity contribution in [3.05, 3.63) is 187 Å². The lowest BCUT2D eigenvalue weighted by molar-refractivity contribution is 0.242. The van der Waals surface area contributed by atoms with E-state index in [4.69, 9.17) is 60.5 Å². The van der Waals surface area contributed by atoms with Crippen LogP contribution in [0.5, 0.6) is 34.5 Å². The molecule has 0 saturated carbocycles. The fourth-order valence-electron chi connectivity index (χ4n) is 6.47. The van der Waals surface area contributed by atoms with Gasteiger partial charge in [0.05, 0.1) is 43.0 Å². The van der Waals surface area contributed by atoms with Gasteiger partial charge in [0.1, 0.15) is 24.7 Å². The Bertz CT molecular complexity index is 2990. The Kier molecular flexibility index (Phi) is 18.5. The Hall–Kier alpha value is -7.42. The van der Waals surface area contributed by atoms with Crippen LogP contribution in [0.25, 0.3) is 22.9 Å². The van der Waals surface area contributed by atoms with Crippen LogP contribution >= 0.6 is 23.2 Å². The number of ether oxygens (including phenoxy) is 6. The SMILES string of the molecule is CC(C)Oc1ccc(-c2n[nH]c(=O)o2)cc1Cl.CCc1ccc(OCc2ccccc2)c(OC)c1.COc1cc(Cn2nc(-c3ccc(OC(C)C)c(Cl)c3)oc2=O)ccc1OCc1ccccc1. The van der Waals surface area contributed by atoms with Gasteiger partial charge >= 0.3 is 11.5 Å². The number of nitrogens with one attached hydrogen (secondary N) is 1. The second kappa shape index (κ2) is 25.1. The van der Waals surface area contributed by atoms with E-state index in [0.29, 0.717) is 57.4 Å². The molecule has 0 amide bonds. The molecule has 69 heavy (non-hydrogen) atoms. The molecule has 0 bridgehead atoms. The summed E-state index contributed by atoms with van der Waals surface area (Å²) in [7, 11) is 3.25. The van der Waals surface area contributed by atoms with Crippen LogP contribution in [0.1, 0.15) is 56.9 Å². The number of nitrogens with zero attached hydrogens (tertiary/aromatic N) is 3. The molecule has 0 spiro atoms. The number of H-pyrrole nitrogens is 1. The standard InChI is InChI=1S/C26H25ClN2O5.C16H18O2.C11H11ClN2O3/c1-17(2)33-22-12-10-20(14-21(22)27)25-28-29(26(30)34-25)15-19-9-11-23(24(13-19)31-3)32-16-18-7-5-4-6-8-18;1-3-13-9-10-15(16(11-13)17-2)18-12-14-7-5-4-6-8-14;1-6(2)16-9-4-3-7(5-8(9)12)10-13-14-11(15)17-10/h4-14,17H,15-16H2,1-3H3;4-11H,3,12H2,1-2H3;3-6H,1-2H3,(H,14,15). The predicted octanol–water partition coefficient (Wildman–Crippen LogP) is 11.9. The first-order chi connectivity index (χ1) is 33.3. The van der Waals surface area contributed by atoms with E-state index in [1.165, 1.54) is 10.2 Å². The molecule has 0 saturated heterocycles. The van der Waals surface area contributed by atoms with E-state index in [2.05, 4.69) is 28.3 Å². The third kappa shape index (κ3) is 15.0. The summed E-state index contributed by atoms with van der Waals surface area (Å²) in [6, 6.07) is 41.8. The molecule has 2 heterocycles. The number of aromatic amines is 1. The average molecular weight is 978 g/mol. The van der Waals surface area contributed by atoms with E-state index in [0.717, 1.165) is 34.6 Å². The monoisotopic (exact) mass is 976 g/mol. The van der Waals surface area contributed by atoms with Crippen molar-refractivity contribution in [2.75, 3.05) is 14.2 Å². The molecular formula is C53H54Cl2N4O10. The van der Waals surface area contributed by atoms with E-state index in [1.807, 2.05) is 119 Å². The number of benzene rings is 6. The van der Waals surface area contributed by atoms with Gasteiger partial charge < -0.3 is 37.3 Å². The van der Waals surface area contributed by atoms with Gasteiger partial charge in [0, 0.05) is 11.1 Å². The second-order valence-electron chi connectivity index (χ2n) is 15.7. The Balaban J connectivity index is 0.000000188. The van der Waals surface area contributed by atoms with Crippen LogP contribution in [0, 0.1) is 0 Å². The van der Waals surface area contributed by atoms with Crippen molar-refractivity contribution in [3.63, 3.8) is 0 Å². The minimum absolute atomic E-state index is 0.00684. The van der Waals surface area contributed by atoms with Crippen LogP contribution in [0.4, 0.5) is 0 Å². The average Bonchev–Trinajstić information content (AvgIpc) is 3.96. The first-order valence-corrected chi connectivity index (χ1v) is 22.8. The maximum absolute atomic E-state index is 12.4. The number of methoxy groups -OCH3 is 2. The summed E-state index contributed by atoms with van der Waals surface area (Å²) in [6.07, 6.45) is 1.03. The lowest BCUT2D eigenvalue weighted by Crippen LogP contribution is -2.16. The highest BCUT2D eigenvalue weighted by atomic mass is 35.5. The summed E-state index contributed by atoms with van der Waals surface area (Å²) >= 11 is 12.4. The Morgan fingerprint density at radius 1 is 0.565 bits per heavy atom. The normalized spacial score (nSPS) is 10.7. The van der Waals surface area contributed by atoms with Crippen LogP contribution in [0.3, 0.4) is 0 Å².